The van der Waals surface area contributed by atoms with E-state index in [1.54, 1.807) is 0 Å². The average Bonchev–Trinajstić information content (AvgIpc) is 2.97. The van der Waals surface area contributed by atoms with Gasteiger partial charge in [0, 0.05) is 0 Å². The van der Waals surface area contributed by atoms with Crippen LogP contribution in [0.1, 0.15) is 181 Å². The monoisotopic (exact) mass is 562 g/mol. The van der Waals surface area contributed by atoms with Crippen molar-refractivity contribution >= 4 is 11.9 Å². The van der Waals surface area contributed by atoms with Crippen molar-refractivity contribution in [2.45, 2.75) is 181 Å². The minimum atomic E-state index is -0.486. The maximum Gasteiger partial charge on any atom is 0.313 e. The van der Waals surface area contributed by atoms with Gasteiger partial charge >= 0.3 is 11.9 Å². The molecule has 0 fully saturated rings. The molecule has 2 atom stereocenters. The second-order valence-electron chi connectivity index (χ2n) is 12.3. The molecule has 0 saturated carbocycles. The number of unbranched alkanes of at least 4 members (excludes halogenated alkanes) is 22. The summed E-state index contributed by atoms with van der Waals surface area (Å²) in [4.78, 5) is 25.5. The molecule has 1 rings (SSSR count). The first-order chi connectivity index (χ1) is 19.7. The number of esters is 2. The molecule has 234 valence electrons. The Morgan fingerprint density at radius 1 is 0.525 bits per heavy atom. The molecule has 40 heavy (non-hydrogen) atoms. The molecule has 0 bridgehead atoms. The first-order valence-corrected chi connectivity index (χ1v) is 17.7. The van der Waals surface area contributed by atoms with Crippen LogP contribution in [0.25, 0.3) is 0 Å². The molecule has 2 unspecified atom stereocenters. The molecule has 0 saturated heterocycles. The van der Waals surface area contributed by atoms with Gasteiger partial charge in [-0.1, -0.05) is 167 Å². The fraction of sp³-hybridized carbons (Fsp3) is 0.889. The summed E-state index contributed by atoms with van der Waals surface area (Å²) in [6, 6.07) is 0. The van der Waals surface area contributed by atoms with Crippen LogP contribution >= 0.6 is 0 Å². The number of carbonyl (C=O) groups excluding carboxylic acids is 2. The molecule has 0 aliphatic heterocycles. The molecule has 1 aliphatic carbocycles. The van der Waals surface area contributed by atoms with E-state index < -0.39 is 11.8 Å². The lowest BCUT2D eigenvalue weighted by atomic mass is 9.84. The van der Waals surface area contributed by atoms with Gasteiger partial charge in [0.2, 0.25) is 0 Å². The zero-order chi connectivity index (χ0) is 28.9. The lowest BCUT2D eigenvalue weighted by Gasteiger charge is -2.24. The van der Waals surface area contributed by atoms with Crippen LogP contribution in [0.4, 0.5) is 0 Å². The van der Waals surface area contributed by atoms with Gasteiger partial charge in [0.25, 0.3) is 0 Å². The maximum absolute atomic E-state index is 12.7. The first kappa shape index (κ1) is 36.7. The Bertz CT molecular complexity index is 614. The Hall–Kier alpha value is -1.32. The molecule has 0 aromatic rings. The Labute approximate surface area is 248 Å². The first-order valence-electron chi connectivity index (χ1n) is 17.7. The van der Waals surface area contributed by atoms with E-state index in [4.69, 9.17) is 9.47 Å². The summed E-state index contributed by atoms with van der Waals surface area (Å²) in [6.45, 7) is 5.46. The standard InChI is InChI=1S/C36H66O4/c1-3-5-7-9-11-13-15-17-19-21-23-27-31-39-35(37)33-29-25-26-30-34(33)36(38)40-32-28-24-22-20-18-16-14-12-10-8-6-4-2/h25,29,33-34H,3-24,26-28,30-32H2,1-2H3. The van der Waals surface area contributed by atoms with Crippen LogP contribution in [-0.2, 0) is 19.1 Å². The fourth-order valence-electron chi connectivity index (χ4n) is 5.77. The van der Waals surface area contributed by atoms with E-state index >= 15 is 0 Å². The third-order valence-corrected chi connectivity index (χ3v) is 8.48. The smallest absolute Gasteiger partial charge is 0.313 e. The van der Waals surface area contributed by atoms with Gasteiger partial charge in [0.05, 0.1) is 25.0 Å². The van der Waals surface area contributed by atoms with Crippen molar-refractivity contribution in [3.05, 3.63) is 12.2 Å². The van der Waals surface area contributed by atoms with E-state index in [-0.39, 0.29) is 11.9 Å². The van der Waals surface area contributed by atoms with Crippen LogP contribution in [-0.4, -0.2) is 25.2 Å². The number of ether oxygens (including phenoxy) is 2. The molecule has 0 heterocycles. The van der Waals surface area contributed by atoms with Crippen molar-refractivity contribution in [3.63, 3.8) is 0 Å². The van der Waals surface area contributed by atoms with Crippen LogP contribution < -0.4 is 0 Å². The van der Waals surface area contributed by atoms with E-state index in [9.17, 15) is 9.59 Å². The highest BCUT2D eigenvalue weighted by atomic mass is 16.5. The van der Waals surface area contributed by atoms with E-state index in [0.29, 0.717) is 19.6 Å². The number of rotatable bonds is 28. The predicted octanol–water partition coefficient (Wildman–Crippen LogP) is 11.1. The summed E-state index contributed by atoms with van der Waals surface area (Å²) in [6.07, 6.45) is 36.3. The van der Waals surface area contributed by atoms with E-state index in [0.717, 1.165) is 32.1 Å². The van der Waals surface area contributed by atoms with Crippen LogP contribution in [0, 0.1) is 11.8 Å². The molecular weight excluding hydrogens is 496 g/mol. The van der Waals surface area contributed by atoms with Crippen molar-refractivity contribution in [3.8, 4) is 0 Å². The minimum absolute atomic E-state index is 0.222. The summed E-state index contributed by atoms with van der Waals surface area (Å²) in [5, 5.41) is 0. The molecule has 0 radical (unpaired) electrons. The van der Waals surface area contributed by atoms with Gasteiger partial charge in [0.15, 0.2) is 0 Å². The molecule has 0 aromatic carbocycles. The van der Waals surface area contributed by atoms with Crippen LogP contribution in [0.5, 0.6) is 0 Å². The van der Waals surface area contributed by atoms with E-state index in [1.165, 1.54) is 128 Å². The zero-order valence-corrected chi connectivity index (χ0v) is 26.7. The van der Waals surface area contributed by atoms with E-state index in [2.05, 4.69) is 13.8 Å². The van der Waals surface area contributed by atoms with Gasteiger partial charge in [-0.05, 0) is 25.7 Å². The van der Waals surface area contributed by atoms with Crippen molar-refractivity contribution in [2.24, 2.45) is 11.8 Å². The number of carbonyl (C=O) groups is 2. The fourth-order valence-corrected chi connectivity index (χ4v) is 5.77. The second-order valence-corrected chi connectivity index (χ2v) is 12.3. The van der Waals surface area contributed by atoms with Gasteiger partial charge in [-0.3, -0.25) is 9.59 Å². The number of allylic oxidation sites excluding steroid dienone is 1. The van der Waals surface area contributed by atoms with Gasteiger partial charge in [-0.2, -0.15) is 0 Å². The zero-order valence-electron chi connectivity index (χ0n) is 26.7. The number of hydrogen-bond acceptors (Lipinski definition) is 4. The molecular formula is C36H66O4. The summed E-state index contributed by atoms with van der Waals surface area (Å²) < 4.78 is 11.2. The third kappa shape index (κ3) is 20.5. The highest BCUT2D eigenvalue weighted by Crippen LogP contribution is 2.27. The topological polar surface area (TPSA) is 52.6 Å². The predicted molar refractivity (Wildman–Crippen MR) is 169 cm³/mol. The van der Waals surface area contributed by atoms with Gasteiger partial charge in [0.1, 0.15) is 0 Å². The maximum atomic E-state index is 12.7. The molecule has 0 aromatic heterocycles. The third-order valence-electron chi connectivity index (χ3n) is 8.48. The Morgan fingerprint density at radius 2 is 0.875 bits per heavy atom. The molecule has 4 nitrogen and oxygen atoms in total. The molecule has 1 aliphatic rings. The molecule has 0 spiro atoms. The van der Waals surface area contributed by atoms with Crippen molar-refractivity contribution in [1.29, 1.82) is 0 Å². The highest BCUT2D eigenvalue weighted by molar-refractivity contribution is 5.83. The van der Waals surface area contributed by atoms with Gasteiger partial charge in [-0.25, -0.2) is 0 Å². The SMILES string of the molecule is CCCCCCCCCCCCCCOC(=O)C1C=CCCC1C(=O)OCCCCCCCCCCCCCC. The summed E-state index contributed by atoms with van der Waals surface area (Å²) >= 11 is 0. The van der Waals surface area contributed by atoms with Gasteiger partial charge < -0.3 is 9.47 Å². The van der Waals surface area contributed by atoms with Gasteiger partial charge in [-0.15, -0.1) is 0 Å². The quantitative estimate of drug-likeness (QED) is 0.0540. The van der Waals surface area contributed by atoms with Crippen molar-refractivity contribution in [1.82, 2.24) is 0 Å². The largest absolute Gasteiger partial charge is 0.465 e. The Balaban J connectivity index is 2.03. The Kier molecular flexibility index (Phi) is 25.5. The van der Waals surface area contributed by atoms with Crippen LogP contribution in [0.15, 0.2) is 12.2 Å². The lowest BCUT2D eigenvalue weighted by Crippen LogP contribution is -2.33. The minimum Gasteiger partial charge on any atom is -0.465 e. The normalized spacial score (nSPS) is 16.8. The number of hydrogen-bond donors (Lipinski definition) is 0. The Morgan fingerprint density at radius 3 is 1.27 bits per heavy atom. The summed E-state index contributed by atoms with van der Waals surface area (Å²) in [7, 11) is 0. The summed E-state index contributed by atoms with van der Waals surface area (Å²) in [5.41, 5.74) is 0. The van der Waals surface area contributed by atoms with Crippen LogP contribution in [0.3, 0.4) is 0 Å². The van der Waals surface area contributed by atoms with Crippen molar-refractivity contribution < 1.29 is 19.1 Å². The van der Waals surface area contributed by atoms with E-state index in [1.807, 2.05) is 12.2 Å². The summed E-state index contributed by atoms with van der Waals surface area (Å²) in [5.74, 6) is -1.36. The van der Waals surface area contributed by atoms with Crippen molar-refractivity contribution in [2.75, 3.05) is 13.2 Å². The molecule has 0 N–H and O–H groups in total. The molecule has 4 heteroatoms. The highest BCUT2D eigenvalue weighted by Gasteiger charge is 2.35. The molecule has 0 amide bonds. The van der Waals surface area contributed by atoms with Crippen LogP contribution in [0.2, 0.25) is 0 Å². The lowest BCUT2D eigenvalue weighted by molar-refractivity contribution is -0.159. The second kappa shape index (κ2) is 27.8. The average molecular weight is 563 g/mol.